The van der Waals surface area contributed by atoms with Gasteiger partial charge in [0.2, 0.25) is 0 Å². The summed E-state index contributed by atoms with van der Waals surface area (Å²) in [5.74, 6) is 0. The van der Waals surface area contributed by atoms with Gasteiger partial charge in [0.1, 0.15) is 0 Å². The first-order chi connectivity index (χ1) is 9.75. The molecule has 2 aromatic heterocycles. The topological polar surface area (TPSA) is 63.8 Å². The van der Waals surface area contributed by atoms with E-state index in [2.05, 4.69) is 35.5 Å². The zero-order chi connectivity index (χ0) is 15.8. The first-order valence-electron chi connectivity index (χ1n) is 6.96. The molecule has 0 bridgehead atoms. The lowest BCUT2D eigenvalue weighted by molar-refractivity contribution is 0.177. The van der Waals surface area contributed by atoms with Gasteiger partial charge in [-0.2, -0.15) is 5.10 Å². The molecule has 0 aromatic carbocycles. The Morgan fingerprint density at radius 1 is 1.38 bits per heavy atom. The van der Waals surface area contributed by atoms with Crippen LogP contribution in [0.5, 0.6) is 0 Å². The summed E-state index contributed by atoms with van der Waals surface area (Å²) in [5.41, 5.74) is 2.40. The van der Waals surface area contributed by atoms with Gasteiger partial charge in [-0.1, -0.05) is 43.8 Å². The van der Waals surface area contributed by atoms with Crippen LogP contribution in [-0.4, -0.2) is 24.5 Å². The van der Waals surface area contributed by atoms with Crippen LogP contribution >= 0.6 is 23.1 Å². The van der Waals surface area contributed by atoms with Gasteiger partial charge in [-0.15, -0.1) is 5.10 Å². The molecule has 1 atom stereocenters. The number of aryl methyl sites for hydroxylation is 2. The van der Waals surface area contributed by atoms with Crippen LogP contribution < -0.4 is 0 Å². The van der Waals surface area contributed by atoms with E-state index in [0.29, 0.717) is 11.4 Å². The van der Waals surface area contributed by atoms with Gasteiger partial charge in [-0.3, -0.25) is 4.68 Å². The SMILES string of the molecule is CCc1nn(C)c(CC(O)c2snnc2C(C)(C)C)c1Cl. The van der Waals surface area contributed by atoms with Crippen molar-refractivity contribution in [2.45, 2.75) is 52.1 Å². The monoisotopic (exact) mass is 328 g/mol. The largest absolute Gasteiger partial charge is 0.387 e. The van der Waals surface area contributed by atoms with Crippen molar-refractivity contribution in [1.29, 1.82) is 0 Å². The number of hydrogen-bond donors (Lipinski definition) is 1. The van der Waals surface area contributed by atoms with Crippen molar-refractivity contribution in [3.63, 3.8) is 0 Å². The number of halogens is 1. The Morgan fingerprint density at radius 3 is 2.57 bits per heavy atom. The first-order valence-corrected chi connectivity index (χ1v) is 8.11. The smallest absolute Gasteiger partial charge is 0.0972 e. The molecule has 0 aliphatic rings. The van der Waals surface area contributed by atoms with Crippen LogP contribution in [0.25, 0.3) is 0 Å². The van der Waals surface area contributed by atoms with Crippen LogP contribution in [0.15, 0.2) is 0 Å². The molecular weight excluding hydrogens is 308 g/mol. The van der Waals surface area contributed by atoms with Gasteiger partial charge < -0.3 is 5.11 Å². The Balaban J connectivity index is 2.29. The summed E-state index contributed by atoms with van der Waals surface area (Å²) in [6.45, 7) is 8.20. The van der Waals surface area contributed by atoms with Crippen molar-refractivity contribution in [1.82, 2.24) is 19.4 Å². The number of nitrogens with zero attached hydrogens (tertiary/aromatic N) is 4. The summed E-state index contributed by atoms with van der Waals surface area (Å²) < 4.78 is 5.74. The number of rotatable bonds is 4. The van der Waals surface area contributed by atoms with Crippen LogP contribution in [0, 0.1) is 0 Å². The zero-order valence-corrected chi connectivity index (χ0v) is 14.6. The van der Waals surface area contributed by atoms with Gasteiger partial charge in [0.25, 0.3) is 0 Å². The summed E-state index contributed by atoms with van der Waals surface area (Å²) >= 11 is 7.59. The average Bonchev–Trinajstić information content (AvgIpc) is 2.98. The van der Waals surface area contributed by atoms with Crippen LogP contribution in [0.3, 0.4) is 0 Å². The van der Waals surface area contributed by atoms with Crippen molar-refractivity contribution < 1.29 is 5.11 Å². The fourth-order valence-electron chi connectivity index (χ4n) is 2.25. The van der Waals surface area contributed by atoms with Gasteiger partial charge >= 0.3 is 0 Å². The number of aliphatic hydroxyl groups is 1. The van der Waals surface area contributed by atoms with E-state index >= 15 is 0 Å². The highest BCUT2D eigenvalue weighted by Crippen LogP contribution is 2.33. The summed E-state index contributed by atoms with van der Waals surface area (Å²) in [7, 11) is 1.85. The molecule has 21 heavy (non-hydrogen) atoms. The van der Waals surface area contributed by atoms with Gasteiger partial charge in [0, 0.05) is 18.9 Å². The molecule has 0 amide bonds. The summed E-state index contributed by atoms with van der Waals surface area (Å²) in [5, 5.41) is 19.8. The van der Waals surface area contributed by atoms with Gasteiger partial charge in [-0.05, 0) is 18.0 Å². The van der Waals surface area contributed by atoms with Crippen LogP contribution in [0.2, 0.25) is 5.02 Å². The predicted octanol–water partition coefficient (Wildman–Crippen LogP) is 3.06. The lowest BCUT2D eigenvalue weighted by Gasteiger charge is -2.19. The molecule has 2 aromatic rings. The third-order valence-corrected chi connectivity index (χ3v) is 4.68. The highest BCUT2D eigenvalue weighted by atomic mass is 35.5. The molecule has 0 aliphatic heterocycles. The molecule has 5 nitrogen and oxygen atoms in total. The Morgan fingerprint density at radius 2 is 2.05 bits per heavy atom. The van der Waals surface area contributed by atoms with Gasteiger partial charge in [0.15, 0.2) is 0 Å². The molecule has 1 unspecified atom stereocenters. The third kappa shape index (κ3) is 3.27. The highest BCUT2D eigenvalue weighted by Gasteiger charge is 2.27. The summed E-state index contributed by atoms with van der Waals surface area (Å²) in [6.07, 6.45) is 0.518. The van der Waals surface area contributed by atoms with E-state index in [4.69, 9.17) is 11.6 Å². The van der Waals surface area contributed by atoms with Crippen molar-refractivity contribution in [3.8, 4) is 0 Å². The van der Waals surface area contributed by atoms with E-state index < -0.39 is 6.10 Å². The molecule has 0 radical (unpaired) electrons. The number of hydrogen-bond acceptors (Lipinski definition) is 5. The Hall–Kier alpha value is -0.980. The highest BCUT2D eigenvalue weighted by molar-refractivity contribution is 7.05. The molecule has 0 aliphatic carbocycles. The predicted molar refractivity (Wildman–Crippen MR) is 84.9 cm³/mol. The summed E-state index contributed by atoms with van der Waals surface area (Å²) in [6, 6.07) is 0. The maximum atomic E-state index is 10.6. The first kappa shape index (κ1) is 16.4. The quantitative estimate of drug-likeness (QED) is 0.936. The van der Waals surface area contributed by atoms with Crippen molar-refractivity contribution >= 4 is 23.1 Å². The fourth-order valence-corrected chi connectivity index (χ4v) is 3.47. The molecule has 0 fully saturated rings. The van der Waals surface area contributed by atoms with E-state index in [1.54, 1.807) is 4.68 Å². The van der Waals surface area contributed by atoms with E-state index in [-0.39, 0.29) is 5.41 Å². The molecule has 1 N–H and O–H groups in total. The molecule has 0 saturated carbocycles. The minimum atomic E-state index is -0.670. The molecule has 0 spiro atoms. The lowest BCUT2D eigenvalue weighted by Crippen LogP contribution is -2.17. The second kappa shape index (κ2) is 6.02. The molecule has 0 saturated heterocycles. The van der Waals surface area contributed by atoms with Crippen molar-refractivity contribution in [3.05, 3.63) is 27.0 Å². The number of aliphatic hydroxyl groups excluding tert-OH is 1. The summed E-state index contributed by atoms with van der Waals surface area (Å²) in [4.78, 5) is 0.804. The minimum absolute atomic E-state index is 0.145. The van der Waals surface area contributed by atoms with E-state index in [9.17, 15) is 5.11 Å². The lowest BCUT2D eigenvalue weighted by atomic mass is 9.90. The van der Waals surface area contributed by atoms with E-state index in [1.807, 2.05) is 14.0 Å². The maximum Gasteiger partial charge on any atom is 0.0972 e. The van der Waals surface area contributed by atoms with Crippen LogP contribution in [0.1, 0.15) is 55.8 Å². The van der Waals surface area contributed by atoms with E-state index in [1.165, 1.54) is 11.5 Å². The molecule has 116 valence electrons. The normalized spacial score (nSPS) is 13.7. The molecule has 7 heteroatoms. The third-order valence-electron chi connectivity index (χ3n) is 3.42. The van der Waals surface area contributed by atoms with E-state index in [0.717, 1.165) is 28.4 Å². The van der Waals surface area contributed by atoms with Crippen LogP contribution in [-0.2, 0) is 25.3 Å². The fraction of sp³-hybridized carbons (Fsp3) is 0.643. The van der Waals surface area contributed by atoms with Gasteiger partial charge in [-0.25, -0.2) is 0 Å². The van der Waals surface area contributed by atoms with Crippen LogP contribution in [0.4, 0.5) is 0 Å². The molecule has 2 heterocycles. The van der Waals surface area contributed by atoms with Crippen molar-refractivity contribution in [2.24, 2.45) is 7.05 Å². The molecular formula is C14H21ClN4OS. The maximum absolute atomic E-state index is 10.6. The average molecular weight is 329 g/mol. The standard InChI is InChI=1S/C14H21ClN4OS/c1-6-8-11(15)9(19(5)17-8)7-10(20)12-13(14(2,3)4)16-18-21-12/h10,20H,6-7H2,1-5H3. The van der Waals surface area contributed by atoms with Crippen molar-refractivity contribution in [2.75, 3.05) is 0 Å². The van der Waals surface area contributed by atoms with Gasteiger partial charge in [0.05, 0.1) is 33.1 Å². The zero-order valence-electron chi connectivity index (χ0n) is 13.0. The Kier molecular flexibility index (Phi) is 4.70. The number of aromatic nitrogens is 4. The second-order valence-electron chi connectivity index (χ2n) is 6.14. The Bertz CT molecular complexity index is 629. The Labute approximate surface area is 134 Å². The second-order valence-corrected chi connectivity index (χ2v) is 7.30. The molecule has 2 rings (SSSR count). The minimum Gasteiger partial charge on any atom is -0.387 e.